The molecule has 2 saturated heterocycles. The second-order valence-corrected chi connectivity index (χ2v) is 6.83. The van der Waals surface area contributed by atoms with Crippen LogP contribution < -0.4 is 0 Å². The molecular formula is C17H28N4O3. The molecule has 3 rings (SSSR count). The van der Waals surface area contributed by atoms with Gasteiger partial charge in [-0.15, -0.1) is 0 Å². The van der Waals surface area contributed by atoms with Crippen molar-refractivity contribution in [2.24, 2.45) is 0 Å². The fraction of sp³-hybridized carbons (Fsp3) is 0.765. The standard InChI is InChI=1S/C17H28N4O3/c1-12-13(2)18-19-14(12)3-4-17(23)21-6-5-15(16(22)11-21)20-7-9-24-10-8-20/h15-16,22H,3-11H2,1-2H3,(H,18,19)/t15-,16-/m1/s1. The van der Waals surface area contributed by atoms with Crippen molar-refractivity contribution in [3.8, 4) is 0 Å². The fourth-order valence-corrected chi connectivity index (χ4v) is 3.64. The second kappa shape index (κ2) is 7.63. The van der Waals surface area contributed by atoms with Crippen LogP contribution in [0, 0.1) is 13.8 Å². The van der Waals surface area contributed by atoms with E-state index in [4.69, 9.17) is 4.74 Å². The highest BCUT2D eigenvalue weighted by Gasteiger charge is 2.34. The Balaban J connectivity index is 1.49. The largest absolute Gasteiger partial charge is 0.390 e. The number of piperidine rings is 1. The van der Waals surface area contributed by atoms with Gasteiger partial charge in [-0.3, -0.25) is 14.8 Å². The Bertz CT molecular complexity index is 568. The Hall–Kier alpha value is -1.44. The van der Waals surface area contributed by atoms with Crippen LogP contribution in [0.15, 0.2) is 0 Å². The zero-order valence-corrected chi connectivity index (χ0v) is 14.6. The lowest BCUT2D eigenvalue weighted by atomic mass is 9.99. The average Bonchev–Trinajstić information content (AvgIpc) is 2.92. The van der Waals surface area contributed by atoms with Gasteiger partial charge < -0.3 is 14.7 Å². The first-order valence-electron chi connectivity index (χ1n) is 8.84. The van der Waals surface area contributed by atoms with Gasteiger partial charge in [0.15, 0.2) is 0 Å². The van der Waals surface area contributed by atoms with E-state index >= 15 is 0 Å². The monoisotopic (exact) mass is 336 g/mol. The van der Waals surface area contributed by atoms with Gasteiger partial charge in [0.2, 0.25) is 5.91 Å². The number of hydrogen-bond acceptors (Lipinski definition) is 5. The SMILES string of the molecule is Cc1[nH]nc(CCC(=O)N2CC[C@@H](N3CCOCC3)[C@H](O)C2)c1C. The predicted molar refractivity (Wildman–Crippen MR) is 89.8 cm³/mol. The summed E-state index contributed by atoms with van der Waals surface area (Å²) in [5, 5.41) is 17.7. The van der Waals surface area contributed by atoms with Crippen LogP contribution in [0.25, 0.3) is 0 Å². The zero-order valence-electron chi connectivity index (χ0n) is 14.6. The molecule has 1 aromatic rings. The zero-order chi connectivity index (χ0) is 17.1. The summed E-state index contributed by atoms with van der Waals surface area (Å²) >= 11 is 0. The molecule has 0 aromatic carbocycles. The number of aromatic nitrogens is 2. The van der Waals surface area contributed by atoms with Crippen LogP contribution in [0.5, 0.6) is 0 Å². The average molecular weight is 336 g/mol. The van der Waals surface area contributed by atoms with Crippen molar-refractivity contribution < 1.29 is 14.6 Å². The Labute approximate surface area is 143 Å². The number of aliphatic hydroxyl groups excluding tert-OH is 1. The summed E-state index contributed by atoms with van der Waals surface area (Å²) in [5.41, 5.74) is 3.15. The molecule has 24 heavy (non-hydrogen) atoms. The lowest BCUT2D eigenvalue weighted by molar-refractivity contribution is -0.137. The van der Waals surface area contributed by atoms with Crippen LogP contribution in [-0.4, -0.2) is 82.5 Å². The number of rotatable bonds is 4. The molecule has 7 nitrogen and oxygen atoms in total. The van der Waals surface area contributed by atoms with E-state index in [2.05, 4.69) is 15.1 Å². The predicted octanol–water partition coefficient (Wildman–Crippen LogP) is 0.253. The van der Waals surface area contributed by atoms with Crippen LogP contribution in [-0.2, 0) is 16.0 Å². The molecule has 0 radical (unpaired) electrons. The number of ether oxygens (including phenoxy) is 1. The van der Waals surface area contributed by atoms with E-state index < -0.39 is 6.10 Å². The number of morpholine rings is 1. The van der Waals surface area contributed by atoms with Crippen molar-refractivity contribution >= 4 is 5.91 Å². The summed E-state index contributed by atoms with van der Waals surface area (Å²) in [6.07, 6.45) is 1.44. The number of likely N-dealkylation sites (tertiary alicyclic amines) is 1. The van der Waals surface area contributed by atoms with Gasteiger partial charge in [-0.05, 0) is 25.8 Å². The highest BCUT2D eigenvalue weighted by atomic mass is 16.5. The Morgan fingerprint density at radius 2 is 2.08 bits per heavy atom. The third-order valence-corrected chi connectivity index (χ3v) is 5.34. The molecule has 0 spiro atoms. The van der Waals surface area contributed by atoms with Gasteiger partial charge >= 0.3 is 0 Å². The van der Waals surface area contributed by atoms with E-state index in [1.807, 2.05) is 13.8 Å². The van der Waals surface area contributed by atoms with Crippen molar-refractivity contribution in [1.29, 1.82) is 0 Å². The maximum Gasteiger partial charge on any atom is 0.223 e. The number of hydrogen-bond donors (Lipinski definition) is 2. The Morgan fingerprint density at radius 1 is 1.33 bits per heavy atom. The summed E-state index contributed by atoms with van der Waals surface area (Å²) in [4.78, 5) is 16.6. The summed E-state index contributed by atoms with van der Waals surface area (Å²) in [6, 6.07) is 0.147. The highest BCUT2D eigenvalue weighted by molar-refractivity contribution is 5.76. The van der Waals surface area contributed by atoms with Crippen molar-refractivity contribution in [3.63, 3.8) is 0 Å². The van der Waals surface area contributed by atoms with E-state index in [9.17, 15) is 9.90 Å². The number of nitrogens with one attached hydrogen (secondary N) is 1. The molecule has 134 valence electrons. The summed E-state index contributed by atoms with van der Waals surface area (Å²) < 4.78 is 5.37. The molecule has 1 aromatic heterocycles. The lowest BCUT2D eigenvalue weighted by Gasteiger charge is -2.43. The smallest absolute Gasteiger partial charge is 0.223 e. The molecule has 2 atom stereocenters. The van der Waals surface area contributed by atoms with Crippen molar-refractivity contribution in [2.45, 2.75) is 45.3 Å². The lowest BCUT2D eigenvalue weighted by Crippen LogP contribution is -2.57. The van der Waals surface area contributed by atoms with E-state index in [0.717, 1.165) is 56.2 Å². The van der Waals surface area contributed by atoms with Gasteiger partial charge in [0.25, 0.3) is 0 Å². The molecule has 0 aliphatic carbocycles. The summed E-state index contributed by atoms with van der Waals surface area (Å²) in [7, 11) is 0. The number of aryl methyl sites for hydroxylation is 2. The maximum atomic E-state index is 12.5. The second-order valence-electron chi connectivity index (χ2n) is 6.83. The number of H-pyrrole nitrogens is 1. The maximum absolute atomic E-state index is 12.5. The quantitative estimate of drug-likeness (QED) is 0.824. The van der Waals surface area contributed by atoms with Gasteiger partial charge in [0, 0.05) is 50.8 Å². The number of aromatic amines is 1. The van der Waals surface area contributed by atoms with Crippen molar-refractivity contribution in [2.75, 3.05) is 39.4 Å². The minimum absolute atomic E-state index is 0.106. The molecule has 0 bridgehead atoms. The third kappa shape index (κ3) is 3.79. The molecule has 7 heteroatoms. The van der Waals surface area contributed by atoms with E-state index in [1.54, 1.807) is 4.90 Å². The van der Waals surface area contributed by atoms with Crippen LogP contribution in [0.4, 0.5) is 0 Å². The first-order valence-corrected chi connectivity index (χ1v) is 8.84. The van der Waals surface area contributed by atoms with Crippen LogP contribution in [0.3, 0.4) is 0 Å². The van der Waals surface area contributed by atoms with Crippen LogP contribution in [0.1, 0.15) is 29.8 Å². The van der Waals surface area contributed by atoms with Gasteiger partial charge in [-0.2, -0.15) is 5.10 Å². The Kier molecular flexibility index (Phi) is 5.53. The fourth-order valence-electron chi connectivity index (χ4n) is 3.64. The molecule has 3 heterocycles. The molecule has 2 N–H and O–H groups in total. The number of carbonyl (C=O) groups excluding carboxylic acids is 1. The Morgan fingerprint density at radius 3 is 2.71 bits per heavy atom. The summed E-state index contributed by atoms with van der Waals surface area (Å²) in [6.45, 7) is 8.36. The molecular weight excluding hydrogens is 308 g/mol. The van der Waals surface area contributed by atoms with Crippen molar-refractivity contribution in [3.05, 3.63) is 17.0 Å². The third-order valence-electron chi connectivity index (χ3n) is 5.34. The van der Waals surface area contributed by atoms with Gasteiger partial charge in [-0.1, -0.05) is 0 Å². The van der Waals surface area contributed by atoms with E-state index in [1.165, 1.54) is 0 Å². The molecule has 1 amide bonds. The first kappa shape index (κ1) is 17.4. The molecule has 2 fully saturated rings. The van der Waals surface area contributed by atoms with Gasteiger partial charge in [0.1, 0.15) is 0 Å². The normalized spacial score (nSPS) is 25.9. The van der Waals surface area contributed by atoms with E-state index in [0.29, 0.717) is 19.4 Å². The topological polar surface area (TPSA) is 81.7 Å². The van der Waals surface area contributed by atoms with Crippen LogP contribution in [0.2, 0.25) is 0 Å². The molecule has 2 aliphatic heterocycles. The number of carbonyl (C=O) groups is 1. The van der Waals surface area contributed by atoms with Crippen LogP contribution >= 0.6 is 0 Å². The molecule has 0 unspecified atom stereocenters. The van der Waals surface area contributed by atoms with Crippen molar-refractivity contribution in [1.82, 2.24) is 20.0 Å². The minimum atomic E-state index is -0.477. The molecule has 0 saturated carbocycles. The number of aliphatic hydroxyl groups is 1. The summed E-state index contributed by atoms with van der Waals surface area (Å²) in [5.74, 6) is 0.106. The van der Waals surface area contributed by atoms with E-state index in [-0.39, 0.29) is 11.9 Å². The minimum Gasteiger partial charge on any atom is -0.390 e. The number of nitrogens with zero attached hydrogens (tertiary/aromatic N) is 3. The number of β-amino-alcohol motifs (C(OH)–C–C–N with tert-alkyl or cyclic N) is 1. The van der Waals surface area contributed by atoms with Gasteiger partial charge in [0.05, 0.1) is 25.0 Å². The number of amides is 1. The highest BCUT2D eigenvalue weighted by Crippen LogP contribution is 2.20. The first-order chi connectivity index (χ1) is 11.6. The van der Waals surface area contributed by atoms with Gasteiger partial charge in [-0.25, -0.2) is 0 Å². The molecule has 2 aliphatic rings.